The monoisotopic (exact) mass is 665 g/mol. The maximum absolute atomic E-state index is 14.3. The van der Waals surface area contributed by atoms with Gasteiger partial charge >= 0.3 is 5.97 Å². The van der Waals surface area contributed by atoms with Crippen molar-refractivity contribution in [3.8, 4) is 17.2 Å². The van der Waals surface area contributed by atoms with Crippen LogP contribution in [0, 0.1) is 11.3 Å². The van der Waals surface area contributed by atoms with Crippen LogP contribution in [-0.4, -0.2) is 111 Å². The van der Waals surface area contributed by atoms with Crippen molar-refractivity contribution in [2.75, 3.05) is 72.7 Å². The van der Waals surface area contributed by atoms with Gasteiger partial charge in [0.05, 0.1) is 40.7 Å². The molecule has 2 fully saturated rings. The molecule has 0 spiro atoms. The first-order chi connectivity index (χ1) is 22.7. The highest BCUT2D eigenvalue weighted by Gasteiger charge is 2.48. The third-order valence-corrected chi connectivity index (χ3v) is 9.96. The molecule has 0 radical (unpaired) electrons. The molecule has 0 saturated carbocycles. The van der Waals surface area contributed by atoms with E-state index in [0.29, 0.717) is 49.8 Å². The summed E-state index contributed by atoms with van der Waals surface area (Å²) in [5.41, 5.74) is 2.34. The Balaban J connectivity index is 1.46. The molecule has 2 aromatic carbocycles. The number of fused-ring (bicyclic) bond motifs is 1. The lowest BCUT2D eigenvalue weighted by Gasteiger charge is -2.31. The van der Waals surface area contributed by atoms with Crippen LogP contribution in [0.4, 0.5) is 5.69 Å². The highest BCUT2D eigenvalue weighted by Crippen LogP contribution is 2.47. The molecular weight excluding hydrogens is 612 g/mol. The normalized spacial score (nSPS) is 21.9. The summed E-state index contributed by atoms with van der Waals surface area (Å²) in [6.45, 7) is 8.99. The minimum atomic E-state index is -0.930. The lowest BCUT2D eigenvalue weighted by atomic mass is 9.84. The number of unbranched alkanes of at least 4 members (excludes halogenated alkanes) is 1. The Morgan fingerprint density at radius 2 is 1.92 bits per heavy atom. The Bertz CT molecular complexity index is 1500. The van der Waals surface area contributed by atoms with Gasteiger partial charge in [0.15, 0.2) is 11.5 Å². The van der Waals surface area contributed by atoms with Crippen LogP contribution in [0.25, 0.3) is 0 Å². The predicted octanol–water partition coefficient (Wildman–Crippen LogP) is 4.58. The van der Waals surface area contributed by atoms with E-state index in [-0.39, 0.29) is 25.2 Å². The van der Waals surface area contributed by atoms with Crippen LogP contribution >= 0.6 is 0 Å². The van der Waals surface area contributed by atoms with E-state index in [1.807, 2.05) is 52.8 Å². The first kappa shape index (κ1) is 35.5. The molecule has 262 valence electrons. The van der Waals surface area contributed by atoms with E-state index in [1.54, 1.807) is 7.11 Å². The first-order valence-electron chi connectivity index (χ1n) is 17.2. The molecule has 2 saturated heterocycles. The molecular formula is C37H53N4O7+. The molecule has 11 heteroatoms. The largest absolute Gasteiger partial charge is 0.493 e. The molecule has 3 aliphatic heterocycles. The third kappa shape index (κ3) is 7.73. The molecule has 0 bridgehead atoms. The van der Waals surface area contributed by atoms with E-state index < -0.39 is 29.3 Å². The predicted molar refractivity (Wildman–Crippen MR) is 183 cm³/mol. The Kier molecular flexibility index (Phi) is 10.6. The molecule has 48 heavy (non-hydrogen) atoms. The fourth-order valence-corrected chi connectivity index (χ4v) is 7.45. The van der Waals surface area contributed by atoms with Crippen LogP contribution in [0.2, 0.25) is 0 Å². The average Bonchev–Trinajstić information content (AvgIpc) is 3.71. The van der Waals surface area contributed by atoms with Crippen LogP contribution < -0.4 is 19.1 Å². The number of methoxy groups -OCH3 is 1. The summed E-state index contributed by atoms with van der Waals surface area (Å²) in [7, 11) is 7.97. The van der Waals surface area contributed by atoms with Crippen molar-refractivity contribution >= 4 is 23.5 Å². The number of amides is 2. The Morgan fingerprint density at radius 1 is 1.15 bits per heavy atom. The fourth-order valence-electron chi connectivity index (χ4n) is 7.45. The number of quaternary nitrogens is 1. The Morgan fingerprint density at radius 3 is 2.56 bits per heavy atom. The number of likely N-dealkylation sites (tertiary alicyclic amines) is 2. The molecule has 2 amide bonds. The number of rotatable bonds is 14. The zero-order chi connectivity index (χ0) is 34.8. The van der Waals surface area contributed by atoms with Gasteiger partial charge in [-0.3, -0.25) is 19.3 Å². The van der Waals surface area contributed by atoms with Crippen molar-refractivity contribution < 1.29 is 38.2 Å². The quantitative estimate of drug-likeness (QED) is 0.292. The number of hydrogen-bond donors (Lipinski definition) is 1. The van der Waals surface area contributed by atoms with Gasteiger partial charge in [0.1, 0.15) is 6.54 Å². The zero-order valence-corrected chi connectivity index (χ0v) is 29.7. The molecule has 0 aromatic heterocycles. The number of anilines is 1. The molecule has 11 nitrogen and oxygen atoms in total. The van der Waals surface area contributed by atoms with Gasteiger partial charge in [-0.2, -0.15) is 0 Å². The number of benzene rings is 2. The van der Waals surface area contributed by atoms with Crippen molar-refractivity contribution in [1.82, 2.24) is 9.80 Å². The zero-order valence-electron chi connectivity index (χ0n) is 29.7. The summed E-state index contributed by atoms with van der Waals surface area (Å²) >= 11 is 0. The van der Waals surface area contributed by atoms with Gasteiger partial charge in [-0.15, -0.1) is 0 Å². The van der Waals surface area contributed by atoms with E-state index >= 15 is 0 Å². The van der Waals surface area contributed by atoms with Crippen LogP contribution in [0.5, 0.6) is 17.2 Å². The van der Waals surface area contributed by atoms with Crippen LogP contribution in [0.15, 0.2) is 36.4 Å². The summed E-state index contributed by atoms with van der Waals surface area (Å²) in [4.78, 5) is 46.3. The lowest BCUT2D eigenvalue weighted by molar-refractivity contribution is -0.884. The van der Waals surface area contributed by atoms with Gasteiger partial charge in [0.25, 0.3) is 0 Å². The summed E-state index contributed by atoms with van der Waals surface area (Å²) < 4.78 is 17.7. The number of carbonyl (C=O) groups is 3. The second-order valence-electron chi connectivity index (χ2n) is 15.2. The van der Waals surface area contributed by atoms with Crippen molar-refractivity contribution in [2.24, 2.45) is 11.3 Å². The van der Waals surface area contributed by atoms with Gasteiger partial charge in [-0.25, -0.2) is 0 Å². The highest BCUT2D eigenvalue weighted by molar-refractivity contribution is 5.95. The van der Waals surface area contributed by atoms with Gasteiger partial charge < -0.3 is 33.6 Å². The fraction of sp³-hybridized carbons (Fsp3) is 0.595. The molecule has 1 N–H and O–H groups in total. The van der Waals surface area contributed by atoms with E-state index in [2.05, 4.69) is 40.2 Å². The summed E-state index contributed by atoms with van der Waals surface area (Å²) in [5.74, 6) is -0.654. The summed E-state index contributed by atoms with van der Waals surface area (Å²) in [6.07, 6.45) is 2.99. The number of nitrogens with zero attached hydrogens (tertiary/aromatic N) is 4. The highest BCUT2D eigenvalue weighted by atomic mass is 16.7. The minimum Gasteiger partial charge on any atom is -0.493 e. The van der Waals surface area contributed by atoms with Crippen LogP contribution in [0.3, 0.4) is 0 Å². The van der Waals surface area contributed by atoms with Crippen LogP contribution in [-0.2, 0) is 20.9 Å². The van der Waals surface area contributed by atoms with E-state index in [4.69, 9.17) is 14.2 Å². The van der Waals surface area contributed by atoms with Gasteiger partial charge in [-0.05, 0) is 49.1 Å². The molecule has 5 rings (SSSR count). The molecule has 1 unspecified atom stereocenters. The molecule has 3 heterocycles. The number of hydrogen-bond acceptors (Lipinski definition) is 7. The topological polar surface area (TPSA) is 109 Å². The van der Waals surface area contributed by atoms with Crippen molar-refractivity contribution in [1.29, 1.82) is 0 Å². The summed E-state index contributed by atoms with van der Waals surface area (Å²) in [6, 6.07) is 11.4. The average molecular weight is 666 g/mol. The number of ether oxygens (including phenoxy) is 3. The smallest absolute Gasteiger partial charge is 0.308 e. The van der Waals surface area contributed by atoms with Gasteiger partial charge in [0, 0.05) is 54.8 Å². The molecule has 3 atom stereocenters. The molecule has 3 aliphatic rings. The number of carboxylic acid groups (broad SMARTS) is 1. The maximum Gasteiger partial charge on any atom is 0.308 e. The number of aliphatic carboxylic acids is 1. The Hall–Kier alpha value is -3.83. The van der Waals surface area contributed by atoms with Crippen LogP contribution in [0.1, 0.15) is 63.5 Å². The molecule has 2 aromatic rings. The van der Waals surface area contributed by atoms with E-state index in [0.717, 1.165) is 47.1 Å². The second kappa shape index (κ2) is 14.3. The SMILES string of the molecule is CCCCN(C(=O)CN1C[C@H](c2cc(OC)c3c(c2)OCO3)C(C(=O)O)[C@@H]1CCN1CCC(C)(C)C1=O)c1cccc(C[N+](C)(C)C)c1. The first-order valence-corrected chi connectivity index (χ1v) is 17.2. The van der Waals surface area contributed by atoms with Crippen molar-refractivity contribution in [3.63, 3.8) is 0 Å². The lowest BCUT2D eigenvalue weighted by Crippen LogP contribution is -2.46. The standard InChI is InChI=1S/C37H52N4O7/c1-8-9-15-40(27-12-10-11-25(18-27)23-41(4,5)6)32(42)22-39-21-28(26-19-30(46-7)34-31(20-26)47-24-48-34)33(35(43)44)29(39)13-16-38-17-14-37(2,3)36(38)45/h10-12,18-20,28-29,33H,8-9,13-17,21-24H2,1-7H3/p+1/t28-,29+,33?/m1/s1. The van der Waals surface area contributed by atoms with Gasteiger partial charge in [-0.1, -0.05) is 39.3 Å². The van der Waals surface area contributed by atoms with Crippen molar-refractivity contribution in [2.45, 2.75) is 65.0 Å². The number of carboxylic acids is 1. The second-order valence-corrected chi connectivity index (χ2v) is 15.2. The maximum atomic E-state index is 14.3. The van der Waals surface area contributed by atoms with Gasteiger partial charge in [0.2, 0.25) is 24.4 Å². The Labute approximate surface area is 284 Å². The minimum absolute atomic E-state index is 0.0647. The number of carbonyl (C=O) groups excluding carboxylic acids is 2. The third-order valence-electron chi connectivity index (χ3n) is 9.96. The summed E-state index contributed by atoms with van der Waals surface area (Å²) in [5, 5.41) is 10.7. The van der Waals surface area contributed by atoms with E-state index in [1.165, 1.54) is 0 Å². The van der Waals surface area contributed by atoms with E-state index in [9.17, 15) is 19.5 Å². The van der Waals surface area contributed by atoms with Crippen molar-refractivity contribution in [3.05, 3.63) is 47.5 Å². The molecule has 0 aliphatic carbocycles.